The molecule has 2 N–H and O–H groups in total. The zero-order chi connectivity index (χ0) is 8.43. The number of nitrogen functional groups attached to an aromatic ring is 1. The first-order valence-electron chi connectivity index (χ1n) is 3.04. The molecule has 56 valence electrons. The van der Waals surface area contributed by atoms with Crippen molar-refractivity contribution < 1.29 is 0 Å². The molecular formula is C8H7ClN2. The molecule has 0 atom stereocenters. The predicted octanol–water partition coefficient (Wildman–Crippen LogP) is 1.61. The van der Waals surface area contributed by atoms with Gasteiger partial charge < -0.3 is 5.73 Å². The number of hydrogen-bond acceptors (Lipinski definition) is 2. The van der Waals surface area contributed by atoms with Crippen LogP contribution in [0.25, 0.3) is 0 Å². The van der Waals surface area contributed by atoms with E-state index < -0.39 is 0 Å². The van der Waals surface area contributed by atoms with E-state index in [0.717, 1.165) is 5.56 Å². The first kappa shape index (κ1) is 7.90. The third kappa shape index (κ3) is 1.44. The summed E-state index contributed by atoms with van der Waals surface area (Å²) in [6.07, 6.45) is 5.16. The monoisotopic (exact) mass is 166 g/mol. The number of hydrogen-bond donors (Lipinski definition) is 1. The maximum atomic E-state index is 5.68. The largest absolute Gasteiger partial charge is 0.383 e. The van der Waals surface area contributed by atoms with E-state index in [0.29, 0.717) is 16.5 Å². The second-order valence-corrected chi connectivity index (χ2v) is 2.53. The van der Waals surface area contributed by atoms with Crippen molar-refractivity contribution in [2.75, 3.05) is 5.73 Å². The Morgan fingerprint density at radius 3 is 2.91 bits per heavy atom. The van der Waals surface area contributed by atoms with Crippen molar-refractivity contribution in [1.82, 2.24) is 4.98 Å². The molecule has 0 saturated carbocycles. The number of aromatic nitrogens is 1. The van der Waals surface area contributed by atoms with Crippen LogP contribution < -0.4 is 5.73 Å². The zero-order valence-corrected chi connectivity index (χ0v) is 6.81. The molecule has 0 radical (unpaired) electrons. The topological polar surface area (TPSA) is 38.9 Å². The van der Waals surface area contributed by atoms with E-state index >= 15 is 0 Å². The third-order valence-corrected chi connectivity index (χ3v) is 1.72. The van der Waals surface area contributed by atoms with Gasteiger partial charge in [0.05, 0.1) is 5.56 Å². The number of halogens is 1. The van der Waals surface area contributed by atoms with Crippen LogP contribution in [0.2, 0.25) is 5.15 Å². The molecule has 0 fully saturated rings. The van der Waals surface area contributed by atoms with Gasteiger partial charge in [0.2, 0.25) is 0 Å². The molecule has 1 aromatic rings. The van der Waals surface area contributed by atoms with E-state index in [1.54, 1.807) is 6.07 Å². The molecule has 0 aliphatic heterocycles. The van der Waals surface area contributed by atoms with Gasteiger partial charge in [0, 0.05) is 0 Å². The third-order valence-electron chi connectivity index (χ3n) is 1.34. The molecule has 0 aliphatic carbocycles. The number of rotatable bonds is 0. The number of anilines is 1. The molecule has 0 spiro atoms. The molecule has 2 nitrogen and oxygen atoms in total. The average molecular weight is 167 g/mol. The summed E-state index contributed by atoms with van der Waals surface area (Å²) in [5.74, 6) is 2.73. The van der Waals surface area contributed by atoms with Crippen LogP contribution >= 0.6 is 11.6 Å². The summed E-state index contributed by atoms with van der Waals surface area (Å²) in [6.45, 7) is 1.83. The van der Waals surface area contributed by atoms with Crippen molar-refractivity contribution >= 4 is 17.4 Å². The molecular weight excluding hydrogens is 160 g/mol. The zero-order valence-electron chi connectivity index (χ0n) is 6.06. The van der Waals surface area contributed by atoms with Crippen molar-refractivity contribution in [1.29, 1.82) is 0 Å². The second-order valence-electron chi connectivity index (χ2n) is 2.17. The lowest BCUT2D eigenvalue weighted by Gasteiger charge is -2.00. The van der Waals surface area contributed by atoms with Crippen LogP contribution in [0.1, 0.15) is 11.1 Å². The minimum Gasteiger partial charge on any atom is -0.383 e. The second kappa shape index (κ2) is 2.81. The summed E-state index contributed by atoms with van der Waals surface area (Å²) >= 11 is 5.68. The highest BCUT2D eigenvalue weighted by molar-refractivity contribution is 6.30. The number of aryl methyl sites for hydroxylation is 1. The van der Waals surface area contributed by atoms with E-state index in [9.17, 15) is 0 Å². The smallest absolute Gasteiger partial charge is 0.140 e. The SMILES string of the molecule is C#Cc1cc(C)c(Cl)nc1N. The van der Waals surface area contributed by atoms with E-state index in [2.05, 4.69) is 10.9 Å². The van der Waals surface area contributed by atoms with Crippen molar-refractivity contribution in [3.8, 4) is 12.3 Å². The Hall–Kier alpha value is -1.20. The van der Waals surface area contributed by atoms with Crippen LogP contribution in [0.4, 0.5) is 5.82 Å². The summed E-state index contributed by atoms with van der Waals surface area (Å²) in [5.41, 5.74) is 6.89. The number of nitrogens with zero attached hydrogens (tertiary/aromatic N) is 1. The summed E-state index contributed by atoms with van der Waals surface area (Å²) in [7, 11) is 0. The Labute approximate surface area is 70.4 Å². The lowest BCUT2D eigenvalue weighted by atomic mass is 10.2. The van der Waals surface area contributed by atoms with Gasteiger partial charge in [-0.2, -0.15) is 0 Å². The van der Waals surface area contributed by atoms with Crippen molar-refractivity contribution in [2.24, 2.45) is 0 Å². The highest BCUT2D eigenvalue weighted by Gasteiger charge is 2.01. The summed E-state index contributed by atoms with van der Waals surface area (Å²) < 4.78 is 0. The minimum absolute atomic E-state index is 0.308. The van der Waals surface area contributed by atoms with Crippen LogP contribution in [-0.4, -0.2) is 4.98 Å². The van der Waals surface area contributed by atoms with Crippen molar-refractivity contribution in [3.63, 3.8) is 0 Å². The number of nitrogens with two attached hydrogens (primary N) is 1. The maximum Gasteiger partial charge on any atom is 0.140 e. The molecule has 0 aliphatic rings. The van der Waals surface area contributed by atoms with E-state index in [1.165, 1.54) is 0 Å². The van der Waals surface area contributed by atoms with E-state index in [-0.39, 0.29) is 0 Å². The molecule has 0 amide bonds. The fraction of sp³-hybridized carbons (Fsp3) is 0.125. The van der Waals surface area contributed by atoms with Crippen LogP contribution in [0, 0.1) is 19.3 Å². The quantitative estimate of drug-likeness (QED) is 0.470. The number of terminal acetylenes is 1. The average Bonchev–Trinajstić information content (AvgIpc) is 1.97. The molecule has 1 heterocycles. The van der Waals surface area contributed by atoms with Crippen LogP contribution in [0.15, 0.2) is 6.07 Å². The Bertz CT molecular complexity index is 326. The number of pyridine rings is 1. The van der Waals surface area contributed by atoms with E-state index in [4.69, 9.17) is 23.8 Å². The summed E-state index contributed by atoms with van der Waals surface area (Å²) in [5, 5.41) is 0.404. The molecule has 3 heteroatoms. The highest BCUT2D eigenvalue weighted by atomic mass is 35.5. The Morgan fingerprint density at radius 2 is 2.36 bits per heavy atom. The Kier molecular flexibility index (Phi) is 2.02. The molecule has 1 rings (SSSR count). The predicted molar refractivity (Wildman–Crippen MR) is 46.3 cm³/mol. The van der Waals surface area contributed by atoms with Gasteiger partial charge >= 0.3 is 0 Å². The normalized spacial score (nSPS) is 9.18. The van der Waals surface area contributed by atoms with E-state index in [1.807, 2.05) is 6.92 Å². The highest BCUT2D eigenvalue weighted by Crippen LogP contribution is 2.17. The molecule has 11 heavy (non-hydrogen) atoms. The van der Waals surface area contributed by atoms with Gasteiger partial charge in [-0.1, -0.05) is 17.5 Å². The fourth-order valence-corrected chi connectivity index (χ4v) is 0.865. The lowest BCUT2D eigenvalue weighted by molar-refractivity contribution is 1.26. The first-order chi connectivity index (χ1) is 5.15. The van der Waals surface area contributed by atoms with Gasteiger partial charge in [-0.05, 0) is 18.6 Å². The molecule has 0 aromatic carbocycles. The lowest BCUT2D eigenvalue weighted by Crippen LogP contribution is -1.96. The summed E-state index contributed by atoms with van der Waals surface area (Å²) in [4.78, 5) is 3.84. The molecule has 0 bridgehead atoms. The molecule has 1 aromatic heterocycles. The van der Waals surface area contributed by atoms with Gasteiger partial charge in [0.15, 0.2) is 0 Å². The fourth-order valence-electron chi connectivity index (χ4n) is 0.720. The van der Waals surface area contributed by atoms with Gasteiger partial charge in [0.25, 0.3) is 0 Å². The van der Waals surface area contributed by atoms with Gasteiger partial charge in [-0.15, -0.1) is 6.42 Å². The molecule has 0 saturated heterocycles. The minimum atomic E-state index is 0.308. The molecule has 0 unspecified atom stereocenters. The Balaban J connectivity index is 3.35. The first-order valence-corrected chi connectivity index (χ1v) is 3.42. The van der Waals surface area contributed by atoms with Crippen LogP contribution in [-0.2, 0) is 0 Å². The van der Waals surface area contributed by atoms with Crippen molar-refractivity contribution in [3.05, 3.63) is 22.3 Å². The standard InChI is InChI=1S/C8H7ClN2/c1-3-6-4-5(2)7(9)11-8(6)10/h1,4H,2H3,(H2,10,11). The van der Waals surface area contributed by atoms with Gasteiger partial charge in [-0.3, -0.25) is 0 Å². The summed E-state index contributed by atoms with van der Waals surface area (Å²) in [6, 6.07) is 1.74. The van der Waals surface area contributed by atoms with Crippen LogP contribution in [0.3, 0.4) is 0 Å². The van der Waals surface area contributed by atoms with Gasteiger partial charge in [0.1, 0.15) is 11.0 Å². The van der Waals surface area contributed by atoms with Gasteiger partial charge in [-0.25, -0.2) is 4.98 Å². The maximum absolute atomic E-state index is 5.68. The van der Waals surface area contributed by atoms with Crippen LogP contribution in [0.5, 0.6) is 0 Å². The van der Waals surface area contributed by atoms with Crippen molar-refractivity contribution in [2.45, 2.75) is 6.92 Å². The Morgan fingerprint density at radius 1 is 1.73 bits per heavy atom.